The van der Waals surface area contributed by atoms with Gasteiger partial charge in [-0.15, -0.1) is 0 Å². The van der Waals surface area contributed by atoms with Crippen molar-refractivity contribution in [3.8, 4) is 16.9 Å². The fourth-order valence-electron chi connectivity index (χ4n) is 4.85. The SMILES string of the molecule is CC(=O)N[C@@H](Cc1ccc(OP(=O)(O)O)cc1)C(=O)N[C@H]1CCCCN(Cc2ccc(-c3ccc(Cl)cc3)cc2)C1=O. The molecule has 1 aliphatic heterocycles. The van der Waals surface area contributed by atoms with Gasteiger partial charge in [0.05, 0.1) is 0 Å². The van der Waals surface area contributed by atoms with E-state index in [1.54, 1.807) is 17.0 Å². The van der Waals surface area contributed by atoms with Crippen molar-refractivity contribution in [2.75, 3.05) is 6.54 Å². The summed E-state index contributed by atoms with van der Waals surface area (Å²) >= 11 is 5.99. The van der Waals surface area contributed by atoms with Crippen molar-refractivity contribution >= 4 is 37.1 Å². The lowest BCUT2D eigenvalue weighted by atomic mass is 10.0. The van der Waals surface area contributed by atoms with Crippen LogP contribution in [0.3, 0.4) is 0 Å². The number of halogens is 1. The second-order valence-corrected chi connectivity index (χ2v) is 11.8. The summed E-state index contributed by atoms with van der Waals surface area (Å²) in [5.41, 5.74) is 3.67. The Hall–Kier alpha value is -3.69. The third-order valence-corrected chi connectivity index (χ3v) is 7.58. The minimum absolute atomic E-state index is 0.0311. The highest BCUT2D eigenvalue weighted by Crippen LogP contribution is 2.37. The van der Waals surface area contributed by atoms with Gasteiger partial charge in [0.25, 0.3) is 0 Å². The Kier molecular flexibility index (Phi) is 10.4. The molecular weight excluding hydrogens is 581 g/mol. The normalized spacial score (nSPS) is 16.3. The number of hydrogen-bond acceptors (Lipinski definition) is 5. The van der Waals surface area contributed by atoms with Crippen LogP contribution in [0.1, 0.15) is 37.3 Å². The van der Waals surface area contributed by atoms with Crippen molar-refractivity contribution in [1.29, 1.82) is 0 Å². The van der Waals surface area contributed by atoms with Gasteiger partial charge in [0.15, 0.2) is 0 Å². The molecule has 0 bridgehead atoms. The van der Waals surface area contributed by atoms with E-state index in [1.807, 2.05) is 48.5 Å². The molecule has 2 atom stereocenters. The van der Waals surface area contributed by atoms with E-state index in [9.17, 15) is 18.9 Å². The van der Waals surface area contributed by atoms with Gasteiger partial charge in [-0.05, 0) is 65.8 Å². The maximum atomic E-state index is 13.5. The highest BCUT2D eigenvalue weighted by molar-refractivity contribution is 7.46. The number of hydrogen-bond donors (Lipinski definition) is 4. The molecule has 222 valence electrons. The second kappa shape index (κ2) is 14.0. The summed E-state index contributed by atoms with van der Waals surface area (Å²) in [6, 6.07) is 19.7. The smallest absolute Gasteiger partial charge is 0.404 e. The van der Waals surface area contributed by atoms with Gasteiger partial charge in [-0.25, -0.2) is 4.57 Å². The average molecular weight is 614 g/mol. The largest absolute Gasteiger partial charge is 0.524 e. The molecule has 1 fully saturated rings. The Labute approximate surface area is 249 Å². The topological polar surface area (TPSA) is 145 Å². The zero-order valence-electron chi connectivity index (χ0n) is 23.0. The maximum Gasteiger partial charge on any atom is 0.524 e. The van der Waals surface area contributed by atoms with Gasteiger partial charge >= 0.3 is 7.82 Å². The van der Waals surface area contributed by atoms with Crippen molar-refractivity contribution < 1.29 is 33.3 Å². The van der Waals surface area contributed by atoms with Crippen LogP contribution in [-0.2, 0) is 31.9 Å². The Morgan fingerprint density at radius 3 is 2.17 bits per heavy atom. The number of likely N-dealkylation sites (tertiary alicyclic amines) is 1. The Morgan fingerprint density at radius 2 is 1.57 bits per heavy atom. The molecule has 3 aromatic carbocycles. The van der Waals surface area contributed by atoms with Crippen LogP contribution in [0.15, 0.2) is 72.8 Å². The van der Waals surface area contributed by atoms with Crippen LogP contribution >= 0.6 is 19.4 Å². The predicted octanol–water partition coefficient (Wildman–Crippen LogP) is 4.22. The molecule has 4 rings (SSSR count). The molecule has 1 saturated heterocycles. The molecule has 3 aromatic rings. The summed E-state index contributed by atoms with van der Waals surface area (Å²) in [6.07, 6.45) is 2.15. The van der Waals surface area contributed by atoms with Crippen molar-refractivity contribution in [3.63, 3.8) is 0 Å². The Morgan fingerprint density at radius 1 is 0.976 bits per heavy atom. The fraction of sp³-hybridized carbons (Fsp3) is 0.300. The molecule has 4 N–H and O–H groups in total. The van der Waals surface area contributed by atoms with E-state index in [-0.39, 0.29) is 18.1 Å². The third-order valence-electron chi connectivity index (χ3n) is 6.88. The third kappa shape index (κ3) is 9.16. The van der Waals surface area contributed by atoms with Crippen LogP contribution < -0.4 is 15.2 Å². The van der Waals surface area contributed by atoms with Gasteiger partial charge in [0.2, 0.25) is 17.7 Å². The van der Waals surface area contributed by atoms with Crippen molar-refractivity contribution in [2.24, 2.45) is 0 Å². The number of amides is 3. The van der Waals surface area contributed by atoms with E-state index in [1.165, 1.54) is 19.1 Å². The van der Waals surface area contributed by atoms with E-state index >= 15 is 0 Å². The van der Waals surface area contributed by atoms with Crippen LogP contribution in [-0.4, -0.2) is 51.0 Å². The lowest BCUT2D eigenvalue weighted by molar-refractivity contribution is -0.137. The number of nitrogens with one attached hydrogen (secondary N) is 2. The summed E-state index contributed by atoms with van der Waals surface area (Å²) in [7, 11) is -4.70. The molecule has 0 aliphatic carbocycles. The molecule has 0 aromatic heterocycles. The molecule has 0 spiro atoms. The lowest BCUT2D eigenvalue weighted by Crippen LogP contribution is -2.54. The number of rotatable bonds is 10. The summed E-state index contributed by atoms with van der Waals surface area (Å²) in [4.78, 5) is 58.4. The molecule has 0 radical (unpaired) electrons. The van der Waals surface area contributed by atoms with Gasteiger partial charge in [0, 0.05) is 31.5 Å². The molecule has 3 amide bonds. The van der Waals surface area contributed by atoms with E-state index in [0.717, 1.165) is 29.5 Å². The first-order valence-corrected chi connectivity index (χ1v) is 15.4. The monoisotopic (exact) mass is 613 g/mol. The quantitative estimate of drug-likeness (QED) is 0.251. The zero-order chi connectivity index (χ0) is 30.3. The summed E-state index contributed by atoms with van der Waals surface area (Å²) < 4.78 is 15.6. The molecule has 42 heavy (non-hydrogen) atoms. The molecule has 12 heteroatoms. The number of phosphoric acid groups is 1. The van der Waals surface area contributed by atoms with Crippen molar-refractivity contribution in [2.45, 2.75) is 51.2 Å². The van der Waals surface area contributed by atoms with Gasteiger partial charge in [-0.3, -0.25) is 24.2 Å². The first kappa shape index (κ1) is 31.3. The van der Waals surface area contributed by atoms with E-state index in [0.29, 0.717) is 30.1 Å². The molecular formula is C30H33ClN3O7P. The molecule has 0 unspecified atom stereocenters. The van der Waals surface area contributed by atoms with Crippen LogP contribution in [0.4, 0.5) is 0 Å². The fourth-order valence-corrected chi connectivity index (χ4v) is 5.37. The van der Waals surface area contributed by atoms with E-state index in [4.69, 9.17) is 21.4 Å². The number of carbonyl (C=O) groups is 3. The summed E-state index contributed by atoms with van der Waals surface area (Å²) in [5, 5.41) is 6.15. The number of carbonyl (C=O) groups excluding carboxylic acids is 3. The summed E-state index contributed by atoms with van der Waals surface area (Å²) in [6.45, 7) is 2.28. The minimum Gasteiger partial charge on any atom is -0.404 e. The Balaban J connectivity index is 1.40. The van der Waals surface area contributed by atoms with Gasteiger partial charge in [0.1, 0.15) is 17.8 Å². The lowest BCUT2D eigenvalue weighted by Gasteiger charge is -2.27. The molecule has 1 heterocycles. The van der Waals surface area contributed by atoms with Crippen molar-refractivity contribution in [3.05, 3.63) is 88.9 Å². The maximum absolute atomic E-state index is 13.5. The number of benzene rings is 3. The highest BCUT2D eigenvalue weighted by Gasteiger charge is 2.31. The summed E-state index contributed by atoms with van der Waals surface area (Å²) in [5.74, 6) is -1.11. The Bertz CT molecular complexity index is 1440. The van der Waals surface area contributed by atoms with Crippen molar-refractivity contribution in [1.82, 2.24) is 15.5 Å². The second-order valence-electron chi connectivity index (χ2n) is 10.2. The van der Waals surface area contributed by atoms with E-state index < -0.39 is 31.7 Å². The van der Waals surface area contributed by atoms with Crippen LogP contribution in [0.2, 0.25) is 5.02 Å². The van der Waals surface area contributed by atoms with Gasteiger partial charge in [-0.2, -0.15) is 0 Å². The minimum atomic E-state index is -4.70. The standard InChI is InChI=1S/C30H33ClN3O7P/c1-20(35)32-28(18-21-7-15-26(16-8-21)41-42(38,39)40)29(36)33-27-4-2-3-17-34(30(27)37)19-22-5-9-23(10-6-22)24-11-13-25(31)14-12-24/h5-16,27-28H,2-4,17-19H2,1H3,(H,32,35)(H,33,36)(H2,38,39,40)/t27-,28-/m0/s1. The van der Waals surface area contributed by atoms with Crippen LogP contribution in [0.25, 0.3) is 11.1 Å². The zero-order valence-corrected chi connectivity index (χ0v) is 24.7. The van der Waals surface area contributed by atoms with E-state index in [2.05, 4.69) is 15.2 Å². The first-order chi connectivity index (χ1) is 20.0. The predicted molar refractivity (Wildman–Crippen MR) is 159 cm³/mol. The van der Waals surface area contributed by atoms with Crippen LogP contribution in [0.5, 0.6) is 5.75 Å². The molecule has 0 saturated carbocycles. The first-order valence-electron chi connectivity index (χ1n) is 13.5. The van der Waals surface area contributed by atoms with Gasteiger partial charge < -0.3 is 20.1 Å². The average Bonchev–Trinajstić information content (AvgIpc) is 3.10. The van der Waals surface area contributed by atoms with Crippen LogP contribution in [0, 0.1) is 0 Å². The number of phosphoric ester groups is 1. The van der Waals surface area contributed by atoms with Gasteiger partial charge in [-0.1, -0.05) is 60.1 Å². The highest BCUT2D eigenvalue weighted by atomic mass is 35.5. The number of nitrogens with zero attached hydrogens (tertiary/aromatic N) is 1. The molecule has 10 nitrogen and oxygen atoms in total. The molecule has 1 aliphatic rings.